The number of nitrogens with one attached hydrogen (secondary N) is 1. The number of hydrogen-bond acceptors (Lipinski definition) is 2. The van der Waals surface area contributed by atoms with Gasteiger partial charge in [-0.2, -0.15) is 0 Å². The highest BCUT2D eigenvalue weighted by atomic mass is 15.2. The molecular formula is C14H30N2. The van der Waals surface area contributed by atoms with Crippen molar-refractivity contribution in [2.75, 3.05) is 20.1 Å². The van der Waals surface area contributed by atoms with Gasteiger partial charge in [0.1, 0.15) is 0 Å². The summed E-state index contributed by atoms with van der Waals surface area (Å²) in [6.45, 7) is 11.5. The van der Waals surface area contributed by atoms with Crippen molar-refractivity contribution < 1.29 is 0 Å². The van der Waals surface area contributed by atoms with Crippen molar-refractivity contribution in [3.63, 3.8) is 0 Å². The fourth-order valence-electron chi connectivity index (χ4n) is 2.67. The van der Waals surface area contributed by atoms with Crippen molar-refractivity contribution in [2.24, 2.45) is 5.41 Å². The summed E-state index contributed by atoms with van der Waals surface area (Å²) in [5, 5.41) is 3.64. The first-order valence-corrected chi connectivity index (χ1v) is 6.88. The molecule has 1 aliphatic rings. The van der Waals surface area contributed by atoms with Gasteiger partial charge in [0.2, 0.25) is 0 Å². The van der Waals surface area contributed by atoms with Crippen LogP contribution in [0.1, 0.15) is 53.4 Å². The minimum absolute atomic E-state index is 0.350. The number of hydrogen-bond donors (Lipinski definition) is 1. The van der Waals surface area contributed by atoms with Crippen molar-refractivity contribution >= 4 is 0 Å². The average molecular weight is 226 g/mol. The first-order valence-electron chi connectivity index (χ1n) is 6.88. The molecule has 1 aliphatic carbocycles. The van der Waals surface area contributed by atoms with Gasteiger partial charge in [-0.3, -0.25) is 0 Å². The number of rotatable bonds is 5. The molecule has 1 atom stereocenters. The van der Waals surface area contributed by atoms with Crippen molar-refractivity contribution in [1.29, 1.82) is 0 Å². The Kier molecular flexibility index (Phi) is 5.26. The number of nitrogens with zero attached hydrogens (tertiary/aromatic N) is 1. The average Bonchev–Trinajstić information content (AvgIpc) is 2.68. The van der Waals surface area contributed by atoms with Gasteiger partial charge < -0.3 is 10.2 Å². The SMILES string of the molecule is CCNC(CN(C)C1CCCC1)C(C)(C)C. The molecule has 0 amide bonds. The van der Waals surface area contributed by atoms with Crippen LogP contribution >= 0.6 is 0 Å². The van der Waals surface area contributed by atoms with Crippen molar-refractivity contribution in [3.8, 4) is 0 Å². The van der Waals surface area contributed by atoms with Crippen LogP contribution in [0.5, 0.6) is 0 Å². The third kappa shape index (κ3) is 4.06. The van der Waals surface area contributed by atoms with Gasteiger partial charge in [0.25, 0.3) is 0 Å². The molecule has 2 nitrogen and oxygen atoms in total. The molecule has 1 N–H and O–H groups in total. The highest BCUT2D eigenvalue weighted by Crippen LogP contribution is 2.25. The van der Waals surface area contributed by atoms with E-state index in [-0.39, 0.29) is 0 Å². The van der Waals surface area contributed by atoms with Crippen molar-refractivity contribution in [2.45, 2.75) is 65.5 Å². The Balaban J connectivity index is 2.46. The molecule has 0 aromatic rings. The molecule has 0 saturated heterocycles. The van der Waals surface area contributed by atoms with Crippen LogP contribution in [-0.2, 0) is 0 Å². The molecule has 96 valence electrons. The molecule has 0 radical (unpaired) electrons. The third-order valence-electron chi connectivity index (χ3n) is 3.91. The summed E-state index contributed by atoms with van der Waals surface area (Å²) in [4.78, 5) is 2.57. The van der Waals surface area contributed by atoms with E-state index in [2.05, 4.69) is 45.0 Å². The van der Waals surface area contributed by atoms with E-state index in [0.717, 1.165) is 12.6 Å². The van der Waals surface area contributed by atoms with E-state index >= 15 is 0 Å². The smallest absolute Gasteiger partial charge is 0.0243 e. The Morgan fingerprint density at radius 3 is 2.25 bits per heavy atom. The van der Waals surface area contributed by atoms with Crippen LogP contribution in [0.4, 0.5) is 0 Å². The quantitative estimate of drug-likeness (QED) is 0.775. The van der Waals surface area contributed by atoms with E-state index in [1.54, 1.807) is 0 Å². The predicted molar refractivity (Wildman–Crippen MR) is 71.8 cm³/mol. The zero-order valence-electron chi connectivity index (χ0n) is 11.8. The maximum absolute atomic E-state index is 3.64. The van der Waals surface area contributed by atoms with Gasteiger partial charge in [0.15, 0.2) is 0 Å². The van der Waals surface area contributed by atoms with E-state index in [0.29, 0.717) is 11.5 Å². The summed E-state index contributed by atoms with van der Waals surface area (Å²) in [5.74, 6) is 0. The van der Waals surface area contributed by atoms with E-state index in [9.17, 15) is 0 Å². The predicted octanol–water partition coefficient (Wildman–Crippen LogP) is 2.89. The second-order valence-corrected chi connectivity index (χ2v) is 6.35. The van der Waals surface area contributed by atoms with Crippen molar-refractivity contribution in [1.82, 2.24) is 10.2 Å². The Morgan fingerprint density at radius 2 is 1.81 bits per heavy atom. The van der Waals surface area contributed by atoms with Gasteiger partial charge >= 0.3 is 0 Å². The molecular weight excluding hydrogens is 196 g/mol. The monoisotopic (exact) mass is 226 g/mol. The first kappa shape index (κ1) is 14.0. The third-order valence-corrected chi connectivity index (χ3v) is 3.91. The second kappa shape index (κ2) is 6.02. The van der Waals surface area contributed by atoms with Crippen LogP contribution < -0.4 is 5.32 Å². The van der Waals surface area contributed by atoms with E-state index in [1.165, 1.54) is 32.2 Å². The van der Waals surface area contributed by atoms with Crippen LogP contribution in [0.25, 0.3) is 0 Å². The highest BCUT2D eigenvalue weighted by molar-refractivity contribution is 4.85. The fourth-order valence-corrected chi connectivity index (χ4v) is 2.67. The van der Waals surface area contributed by atoms with Crippen LogP contribution in [0.15, 0.2) is 0 Å². The zero-order chi connectivity index (χ0) is 12.2. The zero-order valence-corrected chi connectivity index (χ0v) is 11.8. The van der Waals surface area contributed by atoms with Gasteiger partial charge in [-0.15, -0.1) is 0 Å². The summed E-state index contributed by atoms with van der Waals surface area (Å²) in [5.41, 5.74) is 0.350. The lowest BCUT2D eigenvalue weighted by Crippen LogP contribution is -2.49. The van der Waals surface area contributed by atoms with Crippen LogP contribution in [0, 0.1) is 5.41 Å². The molecule has 0 aromatic heterocycles. The Hall–Kier alpha value is -0.0800. The minimum atomic E-state index is 0.350. The molecule has 2 heteroatoms. The molecule has 0 heterocycles. The fraction of sp³-hybridized carbons (Fsp3) is 1.00. The molecule has 0 bridgehead atoms. The van der Waals surface area contributed by atoms with Gasteiger partial charge in [-0.1, -0.05) is 40.5 Å². The largest absolute Gasteiger partial charge is 0.312 e. The second-order valence-electron chi connectivity index (χ2n) is 6.35. The van der Waals surface area contributed by atoms with E-state index < -0.39 is 0 Å². The Bertz CT molecular complexity index is 189. The molecule has 0 aromatic carbocycles. The molecule has 1 rings (SSSR count). The van der Waals surface area contributed by atoms with Gasteiger partial charge in [0.05, 0.1) is 0 Å². The Morgan fingerprint density at radius 1 is 1.25 bits per heavy atom. The van der Waals surface area contributed by atoms with Crippen LogP contribution in [-0.4, -0.2) is 37.1 Å². The van der Waals surface area contributed by atoms with Crippen LogP contribution in [0.3, 0.4) is 0 Å². The normalized spacial score (nSPS) is 20.6. The molecule has 0 aliphatic heterocycles. The van der Waals surface area contributed by atoms with Gasteiger partial charge in [0, 0.05) is 18.6 Å². The molecule has 1 saturated carbocycles. The minimum Gasteiger partial charge on any atom is -0.312 e. The summed E-state index contributed by atoms with van der Waals surface area (Å²) in [6, 6.07) is 1.44. The molecule has 0 spiro atoms. The molecule has 16 heavy (non-hydrogen) atoms. The summed E-state index contributed by atoms with van der Waals surface area (Å²) in [6.07, 6.45) is 5.66. The number of likely N-dealkylation sites (N-methyl/N-ethyl adjacent to an activating group) is 2. The van der Waals surface area contributed by atoms with E-state index in [1.807, 2.05) is 0 Å². The summed E-state index contributed by atoms with van der Waals surface area (Å²) in [7, 11) is 2.30. The topological polar surface area (TPSA) is 15.3 Å². The summed E-state index contributed by atoms with van der Waals surface area (Å²) >= 11 is 0. The molecule has 1 unspecified atom stereocenters. The van der Waals surface area contributed by atoms with Gasteiger partial charge in [-0.05, 0) is 31.8 Å². The Labute approximate surface area is 102 Å². The lowest BCUT2D eigenvalue weighted by atomic mass is 9.86. The maximum Gasteiger partial charge on any atom is 0.0243 e. The maximum atomic E-state index is 3.64. The first-order chi connectivity index (χ1) is 7.45. The van der Waals surface area contributed by atoms with Crippen LogP contribution in [0.2, 0.25) is 0 Å². The lowest BCUT2D eigenvalue weighted by Gasteiger charge is -2.36. The highest BCUT2D eigenvalue weighted by Gasteiger charge is 2.28. The van der Waals surface area contributed by atoms with E-state index in [4.69, 9.17) is 0 Å². The van der Waals surface area contributed by atoms with Gasteiger partial charge in [-0.25, -0.2) is 0 Å². The van der Waals surface area contributed by atoms with Crippen molar-refractivity contribution in [3.05, 3.63) is 0 Å². The standard InChI is InChI=1S/C14H30N2/c1-6-15-13(14(2,3)4)11-16(5)12-9-7-8-10-12/h12-13,15H,6-11H2,1-5H3. The lowest BCUT2D eigenvalue weighted by molar-refractivity contribution is 0.161. The molecule has 1 fully saturated rings. The summed E-state index contributed by atoms with van der Waals surface area (Å²) < 4.78 is 0.